The van der Waals surface area contributed by atoms with Gasteiger partial charge in [-0.25, -0.2) is 9.97 Å². The molecular weight excluding hydrogens is 629 g/mol. The van der Waals surface area contributed by atoms with Crippen LogP contribution in [0.4, 0.5) is 0 Å². The minimum absolute atomic E-state index is 0.699. The fraction of sp³-hybridized carbons (Fsp3) is 0. The van der Waals surface area contributed by atoms with Crippen molar-refractivity contribution in [1.29, 1.82) is 0 Å². The Labute approximate surface area is 302 Å². The minimum Gasteiger partial charge on any atom is -0.228 e. The summed E-state index contributed by atoms with van der Waals surface area (Å²) in [6.45, 7) is 0. The molecule has 0 bridgehead atoms. The molecule has 52 heavy (non-hydrogen) atoms. The van der Waals surface area contributed by atoms with Crippen molar-refractivity contribution in [3.63, 3.8) is 0 Å². The Bertz CT molecular complexity index is 2890. The van der Waals surface area contributed by atoms with Gasteiger partial charge in [0.05, 0.1) is 11.2 Å². The molecule has 0 atom stereocenters. The van der Waals surface area contributed by atoms with E-state index in [1.54, 1.807) is 0 Å². The molecule has 1 heterocycles. The second kappa shape index (κ2) is 12.5. The zero-order valence-electron chi connectivity index (χ0n) is 28.4. The molecule has 0 aliphatic rings. The van der Waals surface area contributed by atoms with Crippen molar-refractivity contribution in [3.05, 3.63) is 194 Å². The lowest BCUT2D eigenvalue weighted by Crippen LogP contribution is -1.97. The summed E-state index contributed by atoms with van der Waals surface area (Å²) >= 11 is 0. The van der Waals surface area contributed by atoms with Crippen molar-refractivity contribution >= 4 is 43.2 Å². The highest BCUT2D eigenvalue weighted by atomic mass is 14.9. The molecule has 0 fully saturated rings. The zero-order chi connectivity index (χ0) is 34.4. The number of hydrogen-bond donors (Lipinski definition) is 0. The van der Waals surface area contributed by atoms with Gasteiger partial charge in [-0.1, -0.05) is 158 Å². The van der Waals surface area contributed by atoms with Crippen LogP contribution in [0.1, 0.15) is 0 Å². The minimum atomic E-state index is 0.699. The van der Waals surface area contributed by atoms with Crippen LogP contribution in [0.5, 0.6) is 0 Å². The number of rotatable bonds is 5. The standard InChI is InChI=1S/C50H32N2/c1-3-14-33(15-4-1)36-26-27-46-47(32-36)51-50(52-49(46)35-17-5-2-6-18-35)41-30-39(43-25-13-21-34-16-7-10-22-42(34)43)29-40(31-41)48-44-23-11-8-19-37(44)28-38-20-9-12-24-45(38)48/h1-32H. The first-order valence-corrected chi connectivity index (χ1v) is 17.7. The van der Waals surface area contributed by atoms with E-state index < -0.39 is 0 Å². The molecule has 0 radical (unpaired) electrons. The van der Waals surface area contributed by atoms with E-state index in [-0.39, 0.29) is 0 Å². The molecule has 2 nitrogen and oxygen atoms in total. The Morgan fingerprint density at radius 1 is 0.288 bits per heavy atom. The Hall–Kier alpha value is -6.90. The molecule has 0 N–H and O–H groups in total. The van der Waals surface area contributed by atoms with Crippen LogP contribution in [0.25, 0.3) is 99.2 Å². The monoisotopic (exact) mass is 660 g/mol. The fourth-order valence-electron chi connectivity index (χ4n) is 7.74. The molecule has 0 spiro atoms. The van der Waals surface area contributed by atoms with Gasteiger partial charge < -0.3 is 0 Å². The Morgan fingerprint density at radius 3 is 1.60 bits per heavy atom. The summed E-state index contributed by atoms with van der Waals surface area (Å²) in [6.07, 6.45) is 0. The highest BCUT2D eigenvalue weighted by molar-refractivity contribution is 6.13. The van der Waals surface area contributed by atoms with Crippen LogP contribution < -0.4 is 0 Å². The molecule has 2 heteroatoms. The molecule has 0 amide bonds. The van der Waals surface area contributed by atoms with Gasteiger partial charge in [0.15, 0.2) is 5.82 Å². The van der Waals surface area contributed by atoms with Crippen molar-refractivity contribution in [2.75, 3.05) is 0 Å². The largest absolute Gasteiger partial charge is 0.228 e. The van der Waals surface area contributed by atoms with Crippen LogP contribution in [0.15, 0.2) is 194 Å². The molecule has 1 aromatic heterocycles. The maximum Gasteiger partial charge on any atom is 0.160 e. The lowest BCUT2D eigenvalue weighted by Gasteiger charge is -2.17. The maximum absolute atomic E-state index is 5.39. The molecule has 0 aliphatic carbocycles. The van der Waals surface area contributed by atoms with E-state index in [4.69, 9.17) is 9.97 Å². The van der Waals surface area contributed by atoms with Crippen LogP contribution in [0, 0.1) is 0 Å². The Morgan fingerprint density at radius 2 is 0.865 bits per heavy atom. The molecule has 242 valence electrons. The van der Waals surface area contributed by atoms with Crippen molar-refractivity contribution in [2.45, 2.75) is 0 Å². The topological polar surface area (TPSA) is 25.8 Å². The summed E-state index contributed by atoms with van der Waals surface area (Å²) in [7, 11) is 0. The van der Waals surface area contributed by atoms with E-state index >= 15 is 0 Å². The van der Waals surface area contributed by atoms with Crippen LogP contribution in [0.3, 0.4) is 0 Å². The summed E-state index contributed by atoms with van der Waals surface area (Å²) in [5.41, 5.74) is 10.8. The summed E-state index contributed by atoms with van der Waals surface area (Å²) in [5.74, 6) is 0.699. The van der Waals surface area contributed by atoms with Gasteiger partial charge in [0, 0.05) is 16.5 Å². The highest BCUT2D eigenvalue weighted by Crippen LogP contribution is 2.42. The van der Waals surface area contributed by atoms with E-state index in [1.165, 1.54) is 43.4 Å². The van der Waals surface area contributed by atoms with Gasteiger partial charge in [-0.2, -0.15) is 0 Å². The zero-order valence-corrected chi connectivity index (χ0v) is 28.4. The Kier molecular flexibility index (Phi) is 7.18. The first-order valence-electron chi connectivity index (χ1n) is 17.7. The van der Waals surface area contributed by atoms with Crippen molar-refractivity contribution < 1.29 is 0 Å². The van der Waals surface area contributed by atoms with Crippen molar-refractivity contribution in [2.24, 2.45) is 0 Å². The number of aromatic nitrogens is 2. The molecule has 10 rings (SSSR count). The van der Waals surface area contributed by atoms with Crippen molar-refractivity contribution in [3.8, 4) is 56.0 Å². The van der Waals surface area contributed by atoms with Crippen LogP contribution in [0.2, 0.25) is 0 Å². The lowest BCUT2D eigenvalue weighted by molar-refractivity contribution is 1.23. The van der Waals surface area contributed by atoms with E-state index in [2.05, 4.69) is 194 Å². The normalized spacial score (nSPS) is 11.5. The van der Waals surface area contributed by atoms with Crippen LogP contribution in [-0.2, 0) is 0 Å². The van der Waals surface area contributed by atoms with E-state index in [9.17, 15) is 0 Å². The highest BCUT2D eigenvalue weighted by Gasteiger charge is 2.18. The second-order valence-electron chi connectivity index (χ2n) is 13.4. The van der Waals surface area contributed by atoms with Gasteiger partial charge in [0.25, 0.3) is 0 Å². The Balaban J connectivity index is 1.29. The van der Waals surface area contributed by atoms with E-state index in [0.717, 1.165) is 50.0 Å². The summed E-state index contributed by atoms with van der Waals surface area (Å²) in [6, 6.07) is 69.4. The van der Waals surface area contributed by atoms with Gasteiger partial charge in [0.1, 0.15) is 0 Å². The number of benzene rings is 9. The smallest absolute Gasteiger partial charge is 0.160 e. The molecule has 0 aliphatic heterocycles. The lowest BCUT2D eigenvalue weighted by atomic mass is 9.88. The number of fused-ring (bicyclic) bond motifs is 4. The first-order chi connectivity index (χ1) is 25.8. The predicted molar refractivity (Wildman–Crippen MR) is 219 cm³/mol. The predicted octanol–water partition coefficient (Wildman–Crippen LogP) is 13.4. The quantitative estimate of drug-likeness (QED) is 0.172. The summed E-state index contributed by atoms with van der Waals surface area (Å²) < 4.78 is 0. The third-order valence-corrected chi connectivity index (χ3v) is 10.2. The third-order valence-electron chi connectivity index (χ3n) is 10.2. The summed E-state index contributed by atoms with van der Waals surface area (Å²) in [4.78, 5) is 10.8. The second-order valence-corrected chi connectivity index (χ2v) is 13.4. The first kappa shape index (κ1) is 30.0. The molecule has 0 unspecified atom stereocenters. The third kappa shape index (κ3) is 5.21. The van der Waals surface area contributed by atoms with Gasteiger partial charge in [-0.15, -0.1) is 0 Å². The average molecular weight is 661 g/mol. The number of hydrogen-bond acceptors (Lipinski definition) is 2. The fourth-order valence-corrected chi connectivity index (χ4v) is 7.74. The van der Waals surface area contributed by atoms with Gasteiger partial charge in [-0.05, 0) is 102 Å². The van der Waals surface area contributed by atoms with E-state index in [0.29, 0.717) is 5.82 Å². The van der Waals surface area contributed by atoms with Gasteiger partial charge in [0.2, 0.25) is 0 Å². The molecule has 10 aromatic rings. The van der Waals surface area contributed by atoms with Gasteiger partial charge in [-0.3, -0.25) is 0 Å². The van der Waals surface area contributed by atoms with Crippen molar-refractivity contribution in [1.82, 2.24) is 9.97 Å². The van der Waals surface area contributed by atoms with Crippen LogP contribution >= 0.6 is 0 Å². The molecule has 9 aromatic carbocycles. The van der Waals surface area contributed by atoms with E-state index in [1.807, 2.05) is 0 Å². The molecular formula is C50H32N2. The maximum atomic E-state index is 5.39. The van der Waals surface area contributed by atoms with Gasteiger partial charge >= 0.3 is 0 Å². The molecule has 0 saturated heterocycles. The van der Waals surface area contributed by atoms with Crippen LogP contribution in [-0.4, -0.2) is 9.97 Å². The number of nitrogens with zero attached hydrogens (tertiary/aromatic N) is 2. The molecule has 0 saturated carbocycles. The summed E-state index contributed by atoms with van der Waals surface area (Å²) in [5, 5.41) is 8.33. The average Bonchev–Trinajstić information content (AvgIpc) is 3.22. The SMILES string of the molecule is c1ccc(-c2ccc3c(-c4ccccc4)nc(-c4cc(-c5cccc6ccccc56)cc(-c5c6ccccc6cc6ccccc56)c4)nc3c2)cc1.